The molecule has 0 saturated heterocycles. The first-order valence-electron chi connectivity index (χ1n) is 10.4. The van der Waals surface area contributed by atoms with Gasteiger partial charge >= 0.3 is 0 Å². The number of fused-ring (bicyclic) bond motifs is 1. The molecule has 31 heavy (non-hydrogen) atoms. The second-order valence-electron chi connectivity index (χ2n) is 7.91. The van der Waals surface area contributed by atoms with E-state index >= 15 is 0 Å². The van der Waals surface area contributed by atoms with Crippen LogP contribution in [0.25, 0.3) is 0 Å². The van der Waals surface area contributed by atoms with Crippen LogP contribution in [0.2, 0.25) is 0 Å². The Hall–Kier alpha value is -3.05. The smallest absolute Gasteiger partial charge is 0.255 e. The lowest BCUT2D eigenvalue weighted by molar-refractivity contribution is -0.119. The van der Waals surface area contributed by atoms with Gasteiger partial charge in [-0.3, -0.25) is 9.59 Å². The van der Waals surface area contributed by atoms with E-state index in [1.807, 2.05) is 74.5 Å². The Bertz CT molecular complexity index is 1100. The fraction of sp³-hybridized carbons (Fsp3) is 0.231. The molecule has 4 nitrogen and oxygen atoms in total. The highest BCUT2D eigenvalue weighted by atomic mass is 32.2. The molecule has 1 aliphatic heterocycles. The van der Waals surface area contributed by atoms with Gasteiger partial charge in [-0.15, -0.1) is 0 Å². The van der Waals surface area contributed by atoms with Gasteiger partial charge in [-0.2, -0.15) is 11.8 Å². The van der Waals surface area contributed by atoms with Crippen LogP contribution in [0.4, 0.5) is 5.69 Å². The van der Waals surface area contributed by atoms with Crippen molar-refractivity contribution in [2.24, 2.45) is 0 Å². The first-order chi connectivity index (χ1) is 15.0. The zero-order chi connectivity index (χ0) is 21.8. The molecular formula is C26H26N2O2S. The Labute approximate surface area is 187 Å². The normalized spacial score (nSPS) is 13.7. The maximum absolute atomic E-state index is 13.4. The molecule has 4 rings (SSSR count). The maximum Gasteiger partial charge on any atom is 0.255 e. The van der Waals surface area contributed by atoms with Crippen LogP contribution in [0, 0.1) is 13.8 Å². The third-order valence-electron chi connectivity index (χ3n) is 5.56. The summed E-state index contributed by atoms with van der Waals surface area (Å²) in [6.45, 7) is 4.48. The van der Waals surface area contributed by atoms with E-state index in [9.17, 15) is 9.59 Å². The van der Waals surface area contributed by atoms with Gasteiger partial charge in [0.1, 0.15) is 6.04 Å². The minimum Gasteiger partial charge on any atom is -0.324 e. The number of hydrogen-bond acceptors (Lipinski definition) is 3. The number of carbonyl (C=O) groups is 2. The van der Waals surface area contributed by atoms with Crippen LogP contribution in [0.1, 0.15) is 32.6 Å². The zero-order valence-corrected chi connectivity index (χ0v) is 18.6. The van der Waals surface area contributed by atoms with Crippen molar-refractivity contribution in [3.63, 3.8) is 0 Å². The molecule has 0 fully saturated rings. The molecule has 1 aliphatic rings. The van der Waals surface area contributed by atoms with Gasteiger partial charge in [0.05, 0.1) is 0 Å². The molecule has 2 amide bonds. The molecule has 0 aromatic heterocycles. The molecule has 0 bridgehead atoms. The van der Waals surface area contributed by atoms with Gasteiger partial charge in [-0.05, 0) is 42.7 Å². The summed E-state index contributed by atoms with van der Waals surface area (Å²) in [6, 6.07) is 23.2. The van der Waals surface area contributed by atoms with Crippen molar-refractivity contribution < 1.29 is 9.59 Å². The SMILES string of the molecule is Cc1ccc(NC(=O)[C@H](CSCc2ccccc2)N2Cc3ccccc3C2=O)c(C)c1. The van der Waals surface area contributed by atoms with Gasteiger partial charge in [0.2, 0.25) is 5.91 Å². The Morgan fingerprint density at radius 3 is 2.52 bits per heavy atom. The quantitative estimate of drug-likeness (QED) is 0.560. The number of rotatable bonds is 7. The summed E-state index contributed by atoms with van der Waals surface area (Å²) in [5.74, 6) is 1.11. The molecule has 0 saturated carbocycles. The first-order valence-corrected chi connectivity index (χ1v) is 11.6. The van der Waals surface area contributed by atoms with Crippen molar-refractivity contribution in [2.45, 2.75) is 32.2 Å². The topological polar surface area (TPSA) is 49.4 Å². The van der Waals surface area contributed by atoms with Crippen LogP contribution in [-0.4, -0.2) is 28.5 Å². The molecule has 1 atom stereocenters. The lowest BCUT2D eigenvalue weighted by Crippen LogP contribution is -2.46. The molecule has 0 aliphatic carbocycles. The standard InChI is InChI=1S/C26H26N2O2S/c1-18-12-13-23(19(2)14-18)27-25(29)24(17-31-16-20-8-4-3-5-9-20)28-15-21-10-6-7-11-22(21)26(28)30/h3-14,24H,15-17H2,1-2H3,(H,27,29)/t24-/m0/s1. The maximum atomic E-state index is 13.4. The average Bonchev–Trinajstić information content (AvgIpc) is 3.10. The van der Waals surface area contributed by atoms with Crippen LogP contribution < -0.4 is 5.32 Å². The Morgan fingerprint density at radius 1 is 1.03 bits per heavy atom. The third-order valence-corrected chi connectivity index (χ3v) is 6.64. The number of hydrogen-bond donors (Lipinski definition) is 1. The van der Waals surface area contributed by atoms with Gasteiger partial charge in [0, 0.05) is 29.3 Å². The molecule has 0 unspecified atom stereocenters. The van der Waals surface area contributed by atoms with Gasteiger partial charge in [0.25, 0.3) is 5.91 Å². The predicted octanol–water partition coefficient (Wildman–Crippen LogP) is 5.20. The molecule has 5 heteroatoms. The molecule has 0 spiro atoms. The molecule has 3 aromatic rings. The van der Waals surface area contributed by atoms with Gasteiger partial charge in [-0.25, -0.2) is 0 Å². The highest BCUT2D eigenvalue weighted by molar-refractivity contribution is 7.98. The van der Waals surface area contributed by atoms with E-state index in [0.29, 0.717) is 17.9 Å². The van der Waals surface area contributed by atoms with Crippen molar-refractivity contribution in [2.75, 3.05) is 11.1 Å². The third kappa shape index (κ3) is 4.83. The number of amides is 2. The largest absolute Gasteiger partial charge is 0.324 e. The monoisotopic (exact) mass is 430 g/mol. The lowest BCUT2D eigenvalue weighted by atomic mass is 10.1. The number of carbonyl (C=O) groups excluding carboxylic acids is 2. The second-order valence-corrected chi connectivity index (χ2v) is 8.94. The highest BCUT2D eigenvalue weighted by Crippen LogP contribution is 2.27. The molecular weight excluding hydrogens is 404 g/mol. The minimum atomic E-state index is -0.547. The van der Waals surface area contributed by atoms with Crippen LogP contribution in [0.3, 0.4) is 0 Å². The molecule has 1 heterocycles. The van der Waals surface area contributed by atoms with Crippen molar-refractivity contribution in [1.82, 2.24) is 4.90 Å². The zero-order valence-electron chi connectivity index (χ0n) is 17.8. The van der Waals surface area contributed by atoms with Crippen LogP contribution in [0.5, 0.6) is 0 Å². The molecule has 1 N–H and O–H groups in total. The van der Waals surface area contributed by atoms with Crippen molar-refractivity contribution >= 4 is 29.3 Å². The molecule has 3 aromatic carbocycles. The fourth-order valence-electron chi connectivity index (χ4n) is 3.87. The van der Waals surface area contributed by atoms with E-state index in [0.717, 1.165) is 28.1 Å². The minimum absolute atomic E-state index is 0.0725. The summed E-state index contributed by atoms with van der Waals surface area (Å²) in [6.07, 6.45) is 0. The summed E-state index contributed by atoms with van der Waals surface area (Å²) in [4.78, 5) is 28.1. The Morgan fingerprint density at radius 2 is 1.77 bits per heavy atom. The van der Waals surface area contributed by atoms with E-state index in [1.54, 1.807) is 16.7 Å². The molecule has 0 radical (unpaired) electrons. The van der Waals surface area contributed by atoms with Crippen molar-refractivity contribution in [3.8, 4) is 0 Å². The van der Waals surface area contributed by atoms with E-state index in [2.05, 4.69) is 17.4 Å². The van der Waals surface area contributed by atoms with Crippen LogP contribution in [0.15, 0.2) is 72.8 Å². The number of benzene rings is 3. The first kappa shape index (κ1) is 21.2. The van der Waals surface area contributed by atoms with E-state index in [4.69, 9.17) is 0 Å². The van der Waals surface area contributed by atoms with Crippen molar-refractivity contribution in [1.29, 1.82) is 0 Å². The van der Waals surface area contributed by atoms with Gasteiger partial charge < -0.3 is 10.2 Å². The number of aryl methyl sites for hydroxylation is 2. The van der Waals surface area contributed by atoms with E-state index < -0.39 is 6.04 Å². The number of anilines is 1. The number of nitrogens with zero attached hydrogens (tertiary/aromatic N) is 1. The summed E-state index contributed by atoms with van der Waals surface area (Å²) in [7, 11) is 0. The summed E-state index contributed by atoms with van der Waals surface area (Å²) >= 11 is 1.67. The average molecular weight is 431 g/mol. The number of thioether (sulfide) groups is 1. The fourth-order valence-corrected chi connectivity index (χ4v) is 4.97. The second kappa shape index (κ2) is 9.40. The number of nitrogens with one attached hydrogen (secondary N) is 1. The van der Waals surface area contributed by atoms with Gasteiger partial charge in [0.15, 0.2) is 0 Å². The Balaban J connectivity index is 1.53. The summed E-state index contributed by atoms with van der Waals surface area (Å²) < 4.78 is 0. The molecule has 158 valence electrons. The van der Waals surface area contributed by atoms with E-state index in [-0.39, 0.29) is 11.8 Å². The van der Waals surface area contributed by atoms with Crippen molar-refractivity contribution in [3.05, 3.63) is 101 Å². The highest BCUT2D eigenvalue weighted by Gasteiger charge is 2.36. The van der Waals surface area contributed by atoms with Gasteiger partial charge in [-0.1, -0.05) is 66.2 Å². The lowest BCUT2D eigenvalue weighted by Gasteiger charge is -2.27. The Kier molecular flexibility index (Phi) is 6.42. The summed E-state index contributed by atoms with van der Waals surface area (Å²) in [5, 5.41) is 3.06. The predicted molar refractivity (Wildman–Crippen MR) is 127 cm³/mol. The van der Waals surface area contributed by atoms with Crippen LogP contribution in [-0.2, 0) is 17.1 Å². The summed E-state index contributed by atoms with van der Waals surface area (Å²) in [5.41, 5.74) is 5.83. The van der Waals surface area contributed by atoms with Crippen LogP contribution >= 0.6 is 11.8 Å². The van der Waals surface area contributed by atoms with E-state index in [1.165, 1.54) is 5.56 Å².